The molecule has 1 heterocycles. The minimum absolute atomic E-state index is 0.238. The number of benzene rings is 1. The van der Waals surface area contributed by atoms with Gasteiger partial charge in [0, 0.05) is 11.6 Å². The average molecular weight is 245 g/mol. The normalized spacial score (nSPS) is 25.3. The number of nitrogens with one attached hydrogen (secondary N) is 1. The molecule has 1 aromatic carbocycles. The van der Waals surface area contributed by atoms with E-state index < -0.39 is 0 Å². The van der Waals surface area contributed by atoms with Crippen molar-refractivity contribution in [2.45, 2.75) is 66.0 Å². The van der Waals surface area contributed by atoms with Gasteiger partial charge in [-0.25, -0.2) is 0 Å². The van der Waals surface area contributed by atoms with Gasteiger partial charge in [-0.3, -0.25) is 0 Å². The van der Waals surface area contributed by atoms with Crippen molar-refractivity contribution in [1.29, 1.82) is 0 Å². The van der Waals surface area contributed by atoms with Crippen LogP contribution in [0.1, 0.15) is 63.8 Å². The predicted octanol–water partition coefficient (Wildman–Crippen LogP) is 4.40. The highest BCUT2D eigenvalue weighted by atomic mass is 15.1. The van der Waals surface area contributed by atoms with Crippen LogP contribution >= 0.6 is 0 Å². The summed E-state index contributed by atoms with van der Waals surface area (Å²) in [6, 6.07) is 7.19. The van der Waals surface area contributed by atoms with Crippen molar-refractivity contribution in [3.05, 3.63) is 34.9 Å². The van der Waals surface area contributed by atoms with Crippen molar-refractivity contribution in [3.8, 4) is 0 Å². The van der Waals surface area contributed by atoms with Crippen LogP contribution in [0, 0.1) is 12.3 Å². The summed E-state index contributed by atoms with van der Waals surface area (Å²) in [5, 5.41) is 3.85. The minimum Gasteiger partial charge on any atom is -0.304 e. The zero-order valence-electron chi connectivity index (χ0n) is 12.7. The van der Waals surface area contributed by atoms with Gasteiger partial charge in [-0.2, -0.15) is 0 Å². The van der Waals surface area contributed by atoms with Crippen LogP contribution in [0.25, 0.3) is 0 Å². The Labute approximate surface area is 112 Å². The lowest BCUT2D eigenvalue weighted by atomic mass is 9.76. The number of aryl methyl sites for hydroxylation is 2. The zero-order chi connectivity index (χ0) is 13.6. The third kappa shape index (κ3) is 2.33. The van der Waals surface area contributed by atoms with E-state index in [1.807, 2.05) is 0 Å². The molecular formula is C17H27N. The van der Waals surface area contributed by atoms with E-state index in [1.165, 1.54) is 23.1 Å². The van der Waals surface area contributed by atoms with Gasteiger partial charge < -0.3 is 5.32 Å². The van der Waals surface area contributed by atoms with Crippen LogP contribution in [0.3, 0.4) is 0 Å². The quantitative estimate of drug-likeness (QED) is 0.814. The lowest BCUT2D eigenvalue weighted by Crippen LogP contribution is -2.34. The van der Waals surface area contributed by atoms with E-state index in [0.717, 1.165) is 6.42 Å². The molecule has 2 rings (SSSR count). The van der Waals surface area contributed by atoms with Crippen LogP contribution in [-0.4, -0.2) is 5.54 Å². The van der Waals surface area contributed by atoms with Crippen LogP contribution < -0.4 is 5.32 Å². The molecule has 1 aliphatic rings. The lowest BCUT2D eigenvalue weighted by Gasteiger charge is -2.30. The molecule has 1 nitrogen and oxygen atoms in total. The molecule has 0 aromatic heterocycles. The highest BCUT2D eigenvalue weighted by Crippen LogP contribution is 2.48. The van der Waals surface area contributed by atoms with E-state index in [0.29, 0.717) is 11.5 Å². The highest BCUT2D eigenvalue weighted by Gasteiger charge is 2.45. The summed E-state index contributed by atoms with van der Waals surface area (Å²) < 4.78 is 0. The number of hydrogen-bond acceptors (Lipinski definition) is 1. The van der Waals surface area contributed by atoms with E-state index in [9.17, 15) is 0 Å². The molecule has 0 aliphatic carbocycles. The third-order valence-corrected chi connectivity index (χ3v) is 4.30. The van der Waals surface area contributed by atoms with Gasteiger partial charge in [0.25, 0.3) is 0 Å². The van der Waals surface area contributed by atoms with E-state index >= 15 is 0 Å². The van der Waals surface area contributed by atoms with Gasteiger partial charge in [0.2, 0.25) is 0 Å². The van der Waals surface area contributed by atoms with E-state index in [-0.39, 0.29) is 5.54 Å². The number of hydrogen-bond donors (Lipinski definition) is 1. The SMILES string of the molecule is CCc1cccc(C)c1C1NC(C)(C)CC1(C)C. The smallest absolute Gasteiger partial charge is 0.0382 e. The fourth-order valence-electron chi connectivity index (χ4n) is 3.80. The summed E-state index contributed by atoms with van der Waals surface area (Å²) in [5.74, 6) is 0. The first kappa shape index (κ1) is 13.6. The van der Waals surface area contributed by atoms with Crippen LogP contribution in [0.15, 0.2) is 18.2 Å². The molecule has 1 aliphatic heterocycles. The van der Waals surface area contributed by atoms with Gasteiger partial charge in [-0.05, 0) is 55.7 Å². The summed E-state index contributed by atoms with van der Waals surface area (Å²) in [6.07, 6.45) is 2.34. The van der Waals surface area contributed by atoms with E-state index in [1.54, 1.807) is 0 Å². The maximum atomic E-state index is 3.85. The van der Waals surface area contributed by atoms with Crippen molar-refractivity contribution in [1.82, 2.24) is 5.32 Å². The molecule has 1 aromatic rings. The Balaban J connectivity index is 2.49. The largest absolute Gasteiger partial charge is 0.304 e. The van der Waals surface area contributed by atoms with E-state index in [2.05, 4.69) is 65.1 Å². The zero-order valence-corrected chi connectivity index (χ0v) is 12.7. The van der Waals surface area contributed by atoms with Crippen LogP contribution in [0.5, 0.6) is 0 Å². The van der Waals surface area contributed by atoms with Crippen LogP contribution in [-0.2, 0) is 6.42 Å². The first-order valence-electron chi connectivity index (χ1n) is 7.13. The van der Waals surface area contributed by atoms with E-state index in [4.69, 9.17) is 0 Å². The fraction of sp³-hybridized carbons (Fsp3) is 0.647. The molecule has 0 bridgehead atoms. The molecule has 1 atom stereocenters. The van der Waals surface area contributed by atoms with Crippen molar-refractivity contribution in [2.24, 2.45) is 5.41 Å². The molecule has 0 spiro atoms. The lowest BCUT2D eigenvalue weighted by molar-refractivity contribution is 0.314. The molecule has 0 amide bonds. The summed E-state index contributed by atoms with van der Waals surface area (Å²) in [5.41, 5.74) is 5.02. The van der Waals surface area contributed by atoms with Crippen LogP contribution in [0.2, 0.25) is 0 Å². The van der Waals surface area contributed by atoms with Gasteiger partial charge in [0.1, 0.15) is 0 Å². The van der Waals surface area contributed by atoms with Gasteiger partial charge in [0.15, 0.2) is 0 Å². The summed E-state index contributed by atoms with van der Waals surface area (Å²) in [7, 11) is 0. The topological polar surface area (TPSA) is 12.0 Å². The molecular weight excluding hydrogens is 218 g/mol. The van der Waals surface area contributed by atoms with Gasteiger partial charge in [-0.1, -0.05) is 39.0 Å². The monoisotopic (exact) mass is 245 g/mol. The molecule has 1 heteroatoms. The van der Waals surface area contributed by atoms with Crippen LogP contribution in [0.4, 0.5) is 0 Å². The molecule has 1 unspecified atom stereocenters. The molecule has 1 saturated heterocycles. The first-order valence-corrected chi connectivity index (χ1v) is 7.13. The molecule has 100 valence electrons. The Morgan fingerprint density at radius 3 is 2.39 bits per heavy atom. The third-order valence-electron chi connectivity index (χ3n) is 4.30. The second-order valence-electron chi connectivity index (χ2n) is 7.13. The Morgan fingerprint density at radius 1 is 1.22 bits per heavy atom. The summed E-state index contributed by atoms with van der Waals surface area (Å²) >= 11 is 0. The second kappa shape index (κ2) is 4.38. The molecule has 0 saturated carbocycles. The Hall–Kier alpha value is -0.820. The van der Waals surface area contributed by atoms with Gasteiger partial charge in [0.05, 0.1) is 0 Å². The first-order chi connectivity index (χ1) is 8.27. The van der Waals surface area contributed by atoms with Crippen molar-refractivity contribution >= 4 is 0 Å². The highest BCUT2D eigenvalue weighted by molar-refractivity contribution is 5.39. The Kier molecular flexibility index (Phi) is 3.31. The fourth-order valence-corrected chi connectivity index (χ4v) is 3.80. The minimum atomic E-state index is 0.238. The van der Waals surface area contributed by atoms with Gasteiger partial charge >= 0.3 is 0 Å². The standard InChI is InChI=1S/C17H27N/c1-7-13-10-8-9-12(2)14(13)15-16(3,4)11-17(5,6)18-15/h8-10,15,18H,7,11H2,1-6H3. The Morgan fingerprint density at radius 2 is 1.89 bits per heavy atom. The Bertz CT molecular complexity index is 443. The summed E-state index contributed by atoms with van der Waals surface area (Å²) in [6.45, 7) is 13.9. The predicted molar refractivity (Wildman–Crippen MR) is 78.9 cm³/mol. The maximum absolute atomic E-state index is 3.85. The average Bonchev–Trinajstić information content (AvgIpc) is 2.46. The van der Waals surface area contributed by atoms with Crippen molar-refractivity contribution < 1.29 is 0 Å². The maximum Gasteiger partial charge on any atom is 0.0382 e. The van der Waals surface area contributed by atoms with Crippen molar-refractivity contribution in [3.63, 3.8) is 0 Å². The van der Waals surface area contributed by atoms with Gasteiger partial charge in [-0.15, -0.1) is 0 Å². The molecule has 0 radical (unpaired) electrons. The number of rotatable bonds is 2. The van der Waals surface area contributed by atoms with Crippen molar-refractivity contribution in [2.75, 3.05) is 0 Å². The molecule has 1 N–H and O–H groups in total. The second-order valence-corrected chi connectivity index (χ2v) is 7.13. The molecule has 1 fully saturated rings. The molecule has 18 heavy (non-hydrogen) atoms. The summed E-state index contributed by atoms with van der Waals surface area (Å²) in [4.78, 5) is 0.